The topological polar surface area (TPSA) is 100.0 Å². The molecule has 8 nitrogen and oxygen atoms in total. The van der Waals surface area contributed by atoms with Gasteiger partial charge in [0.05, 0.1) is 22.7 Å². The standard InChI is InChI=1S/C18H26N6O2S/c1-18(2,16(19)25)24-8-6-23(7-9-24)17(20-3)21-11-13-12-26-15(22-13)14-5-4-10-27-14/h4-5,10,12H,6-9,11H2,1-3H3,(H2,19,25)(H,20,21). The molecule has 2 aromatic rings. The van der Waals surface area contributed by atoms with Crippen LogP contribution in [0.4, 0.5) is 0 Å². The maximum absolute atomic E-state index is 11.7. The number of carbonyl (C=O) groups excluding carboxylic acids is 1. The van der Waals surface area contributed by atoms with Gasteiger partial charge in [-0.1, -0.05) is 6.07 Å². The predicted octanol–water partition coefficient (Wildman–Crippen LogP) is 1.36. The fourth-order valence-corrected chi connectivity index (χ4v) is 3.69. The van der Waals surface area contributed by atoms with Crippen molar-refractivity contribution in [1.82, 2.24) is 20.1 Å². The summed E-state index contributed by atoms with van der Waals surface area (Å²) in [7, 11) is 1.77. The van der Waals surface area contributed by atoms with Gasteiger partial charge in [0.25, 0.3) is 0 Å². The molecule has 2 aromatic heterocycles. The van der Waals surface area contributed by atoms with Gasteiger partial charge < -0.3 is 20.4 Å². The first-order valence-corrected chi connectivity index (χ1v) is 9.78. The summed E-state index contributed by atoms with van der Waals surface area (Å²) in [5, 5.41) is 5.34. The van der Waals surface area contributed by atoms with E-state index < -0.39 is 5.54 Å². The van der Waals surface area contributed by atoms with E-state index in [2.05, 4.69) is 25.1 Å². The van der Waals surface area contributed by atoms with Crippen LogP contribution in [0, 0.1) is 0 Å². The van der Waals surface area contributed by atoms with E-state index in [-0.39, 0.29) is 5.91 Å². The molecule has 0 unspecified atom stereocenters. The Hall–Kier alpha value is -2.39. The number of nitrogens with two attached hydrogens (primary N) is 1. The van der Waals surface area contributed by atoms with Crippen LogP contribution in [0.5, 0.6) is 0 Å². The summed E-state index contributed by atoms with van der Waals surface area (Å²) in [4.78, 5) is 25.8. The van der Waals surface area contributed by atoms with Crippen LogP contribution in [0.25, 0.3) is 10.8 Å². The van der Waals surface area contributed by atoms with E-state index in [1.165, 1.54) is 0 Å². The molecule has 0 spiro atoms. The van der Waals surface area contributed by atoms with E-state index in [9.17, 15) is 4.79 Å². The number of hydrogen-bond donors (Lipinski definition) is 2. The zero-order valence-electron chi connectivity index (χ0n) is 15.9. The third-order valence-electron chi connectivity index (χ3n) is 4.90. The van der Waals surface area contributed by atoms with Crippen molar-refractivity contribution in [3.63, 3.8) is 0 Å². The number of primary amides is 1. The predicted molar refractivity (Wildman–Crippen MR) is 106 cm³/mol. The third-order valence-corrected chi connectivity index (χ3v) is 5.75. The van der Waals surface area contributed by atoms with E-state index in [0.717, 1.165) is 42.7 Å². The summed E-state index contributed by atoms with van der Waals surface area (Å²) in [5.74, 6) is 1.15. The van der Waals surface area contributed by atoms with Gasteiger partial charge in [-0.05, 0) is 25.3 Å². The molecule has 0 saturated carbocycles. The molecule has 146 valence electrons. The summed E-state index contributed by atoms with van der Waals surface area (Å²) >= 11 is 1.60. The molecule has 1 fully saturated rings. The Morgan fingerprint density at radius 1 is 1.41 bits per heavy atom. The number of rotatable bonds is 5. The van der Waals surface area contributed by atoms with Crippen LogP contribution < -0.4 is 11.1 Å². The Morgan fingerprint density at radius 3 is 2.74 bits per heavy atom. The van der Waals surface area contributed by atoms with Crippen molar-refractivity contribution < 1.29 is 9.21 Å². The van der Waals surface area contributed by atoms with Gasteiger partial charge in [-0.3, -0.25) is 14.7 Å². The Bertz CT molecular complexity index is 791. The molecule has 1 amide bonds. The highest BCUT2D eigenvalue weighted by Crippen LogP contribution is 2.23. The highest BCUT2D eigenvalue weighted by atomic mass is 32.1. The van der Waals surface area contributed by atoms with Crippen molar-refractivity contribution in [3.05, 3.63) is 29.5 Å². The van der Waals surface area contributed by atoms with Gasteiger partial charge in [0.15, 0.2) is 5.96 Å². The molecule has 0 aromatic carbocycles. The zero-order valence-corrected chi connectivity index (χ0v) is 16.8. The maximum atomic E-state index is 11.7. The first kappa shape index (κ1) is 19.4. The van der Waals surface area contributed by atoms with Crippen molar-refractivity contribution in [3.8, 4) is 10.8 Å². The number of piperazine rings is 1. The first-order chi connectivity index (χ1) is 12.9. The van der Waals surface area contributed by atoms with Gasteiger partial charge in [0.1, 0.15) is 6.26 Å². The summed E-state index contributed by atoms with van der Waals surface area (Å²) in [6, 6.07) is 3.96. The van der Waals surface area contributed by atoms with Crippen LogP contribution in [0.15, 0.2) is 33.2 Å². The molecule has 3 rings (SSSR count). The van der Waals surface area contributed by atoms with Crippen molar-refractivity contribution in [2.24, 2.45) is 10.7 Å². The largest absolute Gasteiger partial charge is 0.443 e. The molecular formula is C18H26N6O2S. The highest BCUT2D eigenvalue weighted by Gasteiger charge is 2.35. The average molecular weight is 391 g/mol. The summed E-state index contributed by atoms with van der Waals surface area (Å²) in [6.45, 7) is 7.33. The summed E-state index contributed by atoms with van der Waals surface area (Å²) < 4.78 is 5.55. The van der Waals surface area contributed by atoms with Gasteiger partial charge in [0.2, 0.25) is 11.8 Å². The number of nitrogens with one attached hydrogen (secondary N) is 1. The van der Waals surface area contributed by atoms with Crippen LogP contribution in [0.2, 0.25) is 0 Å². The minimum absolute atomic E-state index is 0.300. The van der Waals surface area contributed by atoms with Crippen LogP contribution in [0.3, 0.4) is 0 Å². The molecular weight excluding hydrogens is 364 g/mol. The van der Waals surface area contributed by atoms with Gasteiger partial charge >= 0.3 is 0 Å². The van der Waals surface area contributed by atoms with E-state index in [1.807, 2.05) is 31.4 Å². The minimum Gasteiger partial charge on any atom is -0.443 e. The second-order valence-electron chi connectivity index (χ2n) is 6.92. The smallest absolute Gasteiger partial charge is 0.237 e. The first-order valence-electron chi connectivity index (χ1n) is 8.90. The molecule has 27 heavy (non-hydrogen) atoms. The zero-order chi connectivity index (χ0) is 19.4. The molecule has 3 N–H and O–H groups in total. The van der Waals surface area contributed by atoms with Crippen LogP contribution in [0.1, 0.15) is 19.5 Å². The Balaban J connectivity index is 1.54. The van der Waals surface area contributed by atoms with Crippen molar-refractivity contribution in [2.75, 3.05) is 33.2 Å². The number of thiophene rings is 1. The minimum atomic E-state index is -0.637. The Labute approximate surface area is 163 Å². The Kier molecular flexibility index (Phi) is 5.81. The second kappa shape index (κ2) is 8.10. The molecule has 1 aliphatic rings. The van der Waals surface area contributed by atoms with Crippen molar-refractivity contribution in [2.45, 2.75) is 25.9 Å². The number of aliphatic imine (C=N–C) groups is 1. The molecule has 0 bridgehead atoms. The van der Waals surface area contributed by atoms with E-state index in [1.54, 1.807) is 24.6 Å². The number of amides is 1. The van der Waals surface area contributed by atoms with Gasteiger partial charge in [-0.2, -0.15) is 0 Å². The molecule has 1 saturated heterocycles. The van der Waals surface area contributed by atoms with Crippen LogP contribution in [-0.4, -0.2) is 65.4 Å². The average Bonchev–Trinajstić information content (AvgIpc) is 3.34. The maximum Gasteiger partial charge on any atom is 0.237 e. The van der Waals surface area contributed by atoms with Crippen molar-refractivity contribution in [1.29, 1.82) is 0 Å². The quantitative estimate of drug-likeness (QED) is 0.591. The molecule has 0 atom stereocenters. The number of hydrogen-bond acceptors (Lipinski definition) is 6. The summed E-state index contributed by atoms with van der Waals surface area (Å²) in [6.07, 6.45) is 1.67. The molecule has 1 aliphatic heterocycles. The lowest BCUT2D eigenvalue weighted by atomic mass is 10.0. The van der Waals surface area contributed by atoms with Gasteiger partial charge in [-0.25, -0.2) is 4.98 Å². The molecule has 9 heteroatoms. The number of guanidine groups is 1. The lowest BCUT2D eigenvalue weighted by Gasteiger charge is -2.43. The highest BCUT2D eigenvalue weighted by molar-refractivity contribution is 7.13. The van der Waals surface area contributed by atoms with Gasteiger partial charge in [0, 0.05) is 33.2 Å². The number of aromatic nitrogens is 1. The number of oxazole rings is 1. The monoisotopic (exact) mass is 390 g/mol. The van der Waals surface area contributed by atoms with Gasteiger partial charge in [-0.15, -0.1) is 11.3 Å². The van der Waals surface area contributed by atoms with E-state index in [4.69, 9.17) is 10.2 Å². The number of carbonyl (C=O) groups is 1. The second-order valence-corrected chi connectivity index (χ2v) is 7.87. The fraction of sp³-hybridized carbons (Fsp3) is 0.500. The lowest BCUT2D eigenvalue weighted by Crippen LogP contribution is -2.61. The number of nitrogens with zero attached hydrogens (tertiary/aromatic N) is 4. The molecule has 0 aliphatic carbocycles. The third kappa shape index (κ3) is 4.30. The molecule has 3 heterocycles. The summed E-state index contributed by atoms with van der Waals surface area (Å²) in [5.41, 5.74) is 5.72. The van der Waals surface area contributed by atoms with E-state index in [0.29, 0.717) is 12.4 Å². The molecule has 0 radical (unpaired) electrons. The van der Waals surface area contributed by atoms with Crippen LogP contribution >= 0.6 is 11.3 Å². The normalized spacial score (nSPS) is 16.6. The van der Waals surface area contributed by atoms with Crippen molar-refractivity contribution >= 4 is 23.2 Å². The van der Waals surface area contributed by atoms with Crippen LogP contribution in [-0.2, 0) is 11.3 Å². The fourth-order valence-electron chi connectivity index (χ4n) is 3.04. The SMILES string of the molecule is CN=C(NCc1coc(-c2cccs2)n1)N1CCN(C(C)(C)C(N)=O)CC1. The lowest BCUT2D eigenvalue weighted by molar-refractivity contribution is -0.129. The van der Waals surface area contributed by atoms with E-state index >= 15 is 0 Å². The Morgan fingerprint density at radius 2 is 2.15 bits per heavy atom.